The predicted octanol–water partition coefficient (Wildman–Crippen LogP) is 4.16. The first kappa shape index (κ1) is 14.1. The van der Waals surface area contributed by atoms with Crippen molar-refractivity contribution in [1.82, 2.24) is 0 Å². The second-order valence-electron chi connectivity index (χ2n) is 4.71. The molecule has 0 spiro atoms. The van der Waals surface area contributed by atoms with E-state index >= 15 is 0 Å². The third-order valence-corrected chi connectivity index (χ3v) is 3.35. The highest BCUT2D eigenvalue weighted by Gasteiger charge is 2.07. The van der Waals surface area contributed by atoms with Crippen molar-refractivity contribution in [3.63, 3.8) is 0 Å². The van der Waals surface area contributed by atoms with Gasteiger partial charge in [-0.15, -0.1) is 0 Å². The molecule has 2 rings (SSSR count). The van der Waals surface area contributed by atoms with Gasteiger partial charge >= 0.3 is 5.97 Å². The topological polar surface area (TPSA) is 26.3 Å². The molecule has 0 saturated carbocycles. The maximum absolute atomic E-state index is 11.3. The lowest BCUT2D eigenvalue weighted by Crippen LogP contribution is -1.95. The first-order valence-corrected chi connectivity index (χ1v) is 6.55. The molecule has 102 valence electrons. The molecule has 2 heteroatoms. The Balaban J connectivity index is 2.55. The van der Waals surface area contributed by atoms with Gasteiger partial charge in [-0.3, -0.25) is 0 Å². The second-order valence-corrected chi connectivity index (χ2v) is 4.71. The minimum Gasteiger partial charge on any atom is -0.466 e. The van der Waals surface area contributed by atoms with E-state index in [2.05, 4.69) is 29.9 Å². The molecule has 2 aromatic carbocycles. The van der Waals surface area contributed by atoms with E-state index in [4.69, 9.17) is 0 Å². The number of aryl methyl sites for hydroxylation is 2. The number of esters is 1. The molecule has 2 nitrogen and oxygen atoms in total. The largest absolute Gasteiger partial charge is 0.466 e. The average Bonchev–Trinajstić information content (AvgIpc) is 2.46. The molecule has 0 radical (unpaired) electrons. The Labute approximate surface area is 119 Å². The fourth-order valence-electron chi connectivity index (χ4n) is 2.23. The van der Waals surface area contributed by atoms with E-state index in [0.717, 1.165) is 16.7 Å². The maximum atomic E-state index is 11.3. The van der Waals surface area contributed by atoms with Crippen LogP contribution in [-0.4, -0.2) is 13.1 Å². The predicted molar refractivity (Wildman–Crippen MR) is 82.4 cm³/mol. The molecule has 0 aliphatic rings. The van der Waals surface area contributed by atoms with Gasteiger partial charge in [-0.1, -0.05) is 42.5 Å². The standard InChI is InChI=1S/C18H18O2/c1-13-7-4-5-9-15(13)17-10-6-8-14(2)16(17)11-12-18(19)20-3/h4-12H,1-3H3/b12-11+. The van der Waals surface area contributed by atoms with E-state index in [-0.39, 0.29) is 5.97 Å². The molecule has 0 atom stereocenters. The summed E-state index contributed by atoms with van der Waals surface area (Å²) in [5, 5.41) is 0. The molecular weight excluding hydrogens is 248 g/mol. The number of ether oxygens (including phenoxy) is 1. The summed E-state index contributed by atoms with van der Waals surface area (Å²) in [4.78, 5) is 11.3. The van der Waals surface area contributed by atoms with E-state index in [1.165, 1.54) is 24.3 Å². The molecule has 0 aliphatic heterocycles. The van der Waals surface area contributed by atoms with Crippen LogP contribution in [0, 0.1) is 13.8 Å². The van der Waals surface area contributed by atoms with Gasteiger partial charge in [0.2, 0.25) is 0 Å². The van der Waals surface area contributed by atoms with Gasteiger partial charge in [0.1, 0.15) is 0 Å². The van der Waals surface area contributed by atoms with E-state index in [0.29, 0.717) is 0 Å². The lowest BCUT2D eigenvalue weighted by molar-refractivity contribution is -0.134. The Morgan fingerprint density at radius 3 is 2.30 bits per heavy atom. The lowest BCUT2D eigenvalue weighted by atomic mass is 9.93. The van der Waals surface area contributed by atoms with E-state index in [1.54, 1.807) is 0 Å². The summed E-state index contributed by atoms with van der Waals surface area (Å²) in [5.74, 6) is -0.344. The fraction of sp³-hybridized carbons (Fsp3) is 0.167. The first-order valence-electron chi connectivity index (χ1n) is 6.55. The van der Waals surface area contributed by atoms with Crippen LogP contribution in [0.2, 0.25) is 0 Å². The van der Waals surface area contributed by atoms with Crippen LogP contribution < -0.4 is 0 Å². The smallest absolute Gasteiger partial charge is 0.330 e. The van der Waals surface area contributed by atoms with Gasteiger partial charge in [-0.05, 0) is 47.7 Å². The molecule has 0 fully saturated rings. The zero-order valence-electron chi connectivity index (χ0n) is 12.0. The third kappa shape index (κ3) is 2.97. The third-order valence-electron chi connectivity index (χ3n) is 3.35. The van der Waals surface area contributed by atoms with Gasteiger partial charge in [0.15, 0.2) is 0 Å². The summed E-state index contributed by atoms with van der Waals surface area (Å²) in [6.07, 6.45) is 3.28. The summed E-state index contributed by atoms with van der Waals surface area (Å²) < 4.78 is 4.66. The Morgan fingerprint density at radius 2 is 1.60 bits per heavy atom. The summed E-state index contributed by atoms with van der Waals surface area (Å²) in [7, 11) is 1.38. The average molecular weight is 266 g/mol. The fourth-order valence-corrected chi connectivity index (χ4v) is 2.23. The Morgan fingerprint density at radius 1 is 0.950 bits per heavy atom. The molecule has 0 saturated heterocycles. The van der Waals surface area contributed by atoms with Crippen LogP contribution in [0.4, 0.5) is 0 Å². The number of methoxy groups -OCH3 is 1. The molecule has 0 N–H and O–H groups in total. The van der Waals surface area contributed by atoms with Crippen molar-refractivity contribution >= 4 is 12.0 Å². The molecule has 0 amide bonds. The number of rotatable bonds is 3. The SMILES string of the molecule is COC(=O)/C=C/c1c(C)cccc1-c1ccccc1C. The van der Waals surface area contributed by atoms with Gasteiger partial charge in [-0.2, -0.15) is 0 Å². The van der Waals surface area contributed by atoms with Crippen LogP contribution in [0.5, 0.6) is 0 Å². The summed E-state index contributed by atoms with van der Waals surface area (Å²) in [6.45, 7) is 4.13. The Hall–Kier alpha value is -2.35. The van der Waals surface area contributed by atoms with Gasteiger partial charge in [0.25, 0.3) is 0 Å². The molecule has 0 aromatic heterocycles. The van der Waals surface area contributed by atoms with Crippen molar-refractivity contribution in [2.45, 2.75) is 13.8 Å². The van der Waals surface area contributed by atoms with Crippen LogP contribution in [0.1, 0.15) is 16.7 Å². The van der Waals surface area contributed by atoms with Crippen molar-refractivity contribution in [3.05, 3.63) is 65.2 Å². The molecule has 0 unspecified atom stereocenters. The van der Waals surface area contributed by atoms with Crippen LogP contribution in [0.15, 0.2) is 48.5 Å². The number of hydrogen-bond donors (Lipinski definition) is 0. The van der Waals surface area contributed by atoms with Crippen molar-refractivity contribution in [1.29, 1.82) is 0 Å². The van der Waals surface area contributed by atoms with Crippen LogP contribution >= 0.6 is 0 Å². The Kier molecular flexibility index (Phi) is 4.36. The highest BCUT2D eigenvalue weighted by molar-refractivity contribution is 5.90. The zero-order chi connectivity index (χ0) is 14.5. The quantitative estimate of drug-likeness (QED) is 0.616. The van der Waals surface area contributed by atoms with E-state index < -0.39 is 0 Å². The highest BCUT2D eigenvalue weighted by atomic mass is 16.5. The maximum Gasteiger partial charge on any atom is 0.330 e. The van der Waals surface area contributed by atoms with Gasteiger partial charge in [-0.25, -0.2) is 4.79 Å². The lowest BCUT2D eigenvalue weighted by Gasteiger charge is -2.11. The van der Waals surface area contributed by atoms with Crippen LogP contribution in [-0.2, 0) is 9.53 Å². The number of hydrogen-bond acceptors (Lipinski definition) is 2. The van der Waals surface area contributed by atoms with Crippen LogP contribution in [0.3, 0.4) is 0 Å². The van der Waals surface area contributed by atoms with Crippen LogP contribution in [0.25, 0.3) is 17.2 Å². The summed E-state index contributed by atoms with van der Waals surface area (Å²) in [5.41, 5.74) is 5.70. The zero-order valence-corrected chi connectivity index (χ0v) is 12.0. The highest BCUT2D eigenvalue weighted by Crippen LogP contribution is 2.29. The second kappa shape index (κ2) is 6.20. The van der Waals surface area contributed by atoms with Crippen molar-refractivity contribution in [2.75, 3.05) is 7.11 Å². The Bertz CT molecular complexity index is 654. The molecular formula is C18H18O2. The number of carbonyl (C=O) groups is 1. The van der Waals surface area contributed by atoms with Gasteiger partial charge in [0, 0.05) is 6.08 Å². The van der Waals surface area contributed by atoms with E-state index in [9.17, 15) is 4.79 Å². The van der Waals surface area contributed by atoms with Crippen molar-refractivity contribution < 1.29 is 9.53 Å². The number of benzene rings is 2. The van der Waals surface area contributed by atoms with Gasteiger partial charge in [0.05, 0.1) is 7.11 Å². The number of carbonyl (C=O) groups excluding carboxylic acids is 1. The summed E-state index contributed by atoms with van der Waals surface area (Å²) in [6, 6.07) is 14.4. The minimum absolute atomic E-state index is 0.344. The monoisotopic (exact) mass is 266 g/mol. The van der Waals surface area contributed by atoms with Crippen molar-refractivity contribution in [3.8, 4) is 11.1 Å². The molecule has 0 aliphatic carbocycles. The minimum atomic E-state index is -0.344. The van der Waals surface area contributed by atoms with Crippen molar-refractivity contribution in [2.24, 2.45) is 0 Å². The molecule has 0 bridgehead atoms. The first-order chi connectivity index (χ1) is 9.63. The molecule has 20 heavy (non-hydrogen) atoms. The normalized spacial score (nSPS) is 10.8. The molecule has 2 aromatic rings. The van der Waals surface area contributed by atoms with Gasteiger partial charge < -0.3 is 4.74 Å². The van der Waals surface area contributed by atoms with E-state index in [1.807, 2.05) is 37.3 Å². The summed E-state index contributed by atoms with van der Waals surface area (Å²) >= 11 is 0. The molecule has 0 heterocycles.